The molecule has 2 atom stereocenters. The van der Waals surface area contributed by atoms with Crippen LogP contribution < -0.4 is 5.73 Å². The molecule has 1 aliphatic heterocycles. The van der Waals surface area contributed by atoms with Crippen molar-refractivity contribution in [2.75, 3.05) is 6.54 Å². The molecule has 2 N–H and O–H groups in total. The van der Waals surface area contributed by atoms with Crippen LogP contribution in [0.1, 0.15) is 31.7 Å². The molecule has 1 aliphatic rings. The molecule has 0 aromatic heterocycles. The van der Waals surface area contributed by atoms with E-state index in [1.807, 2.05) is 13.0 Å². The normalized spacial score (nSPS) is 22.1. The lowest BCUT2D eigenvalue weighted by Gasteiger charge is -2.38. The van der Waals surface area contributed by atoms with Gasteiger partial charge >= 0.3 is 0 Å². The van der Waals surface area contributed by atoms with Crippen LogP contribution >= 0.6 is 0 Å². The summed E-state index contributed by atoms with van der Waals surface area (Å²) in [6.45, 7) is 3.80. The Morgan fingerprint density at radius 2 is 2.32 bits per heavy atom. The highest BCUT2D eigenvalue weighted by Gasteiger charge is 2.25. The van der Waals surface area contributed by atoms with E-state index in [4.69, 9.17) is 5.73 Å². The maximum atomic E-state index is 10.8. The molecule has 2 unspecified atom stereocenters. The van der Waals surface area contributed by atoms with E-state index in [-0.39, 0.29) is 16.7 Å². The summed E-state index contributed by atoms with van der Waals surface area (Å²) in [5.74, 6) is 0. The van der Waals surface area contributed by atoms with E-state index in [1.54, 1.807) is 12.1 Å². The van der Waals surface area contributed by atoms with Crippen LogP contribution in [0.3, 0.4) is 0 Å². The van der Waals surface area contributed by atoms with Gasteiger partial charge in [-0.2, -0.15) is 0 Å². The maximum Gasteiger partial charge on any atom is 0.269 e. The van der Waals surface area contributed by atoms with Gasteiger partial charge in [-0.25, -0.2) is 0 Å². The maximum absolute atomic E-state index is 10.8. The Morgan fingerprint density at radius 3 is 3.00 bits per heavy atom. The van der Waals surface area contributed by atoms with E-state index in [2.05, 4.69) is 4.90 Å². The molecule has 104 valence electrons. The van der Waals surface area contributed by atoms with Crippen molar-refractivity contribution in [3.8, 4) is 0 Å². The Balaban J connectivity index is 2.10. The Bertz CT molecular complexity index is 448. The summed E-state index contributed by atoms with van der Waals surface area (Å²) in [6.07, 6.45) is 3.52. The molecule has 1 saturated heterocycles. The van der Waals surface area contributed by atoms with E-state index in [1.165, 1.54) is 18.9 Å². The van der Waals surface area contributed by atoms with Gasteiger partial charge in [0.05, 0.1) is 4.92 Å². The first-order chi connectivity index (χ1) is 9.08. The second-order valence-corrected chi connectivity index (χ2v) is 5.32. The molecule has 1 fully saturated rings. The molecule has 1 heterocycles. The fourth-order valence-corrected chi connectivity index (χ4v) is 2.81. The lowest BCUT2D eigenvalue weighted by Crippen LogP contribution is -2.48. The number of nitro benzene ring substituents is 1. The minimum Gasteiger partial charge on any atom is -0.327 e. The minimum atomic E-state index is -0.345. The molecule has 0 bridgehead atoms. The molecule has 5 heteroatoms. The van der Waals surface area contributed by atoms with Crippen LogP contribution in [0.5, 0.6) is 0 Å². The van der Waals surface area contributed by atoms with Crippen molar-refractivity contribution in [2.45, 2.75) is 44.8 Å². The van der Waals surface area contributed by atoms with Crippen LogP contribution in [0.2, 0.25) is 0 Å². The van der Waals surface area contributed by atoms with E-state index in [9.17, 15) is 10.1 Å². The highest BCUT2D eigenvalue weighted by molar-refractivity contribution is 5.34. The zero-order valence-electron chi connectivity index (χ0n) is 11.3. The zero-order valence-corrected chi connectivity index (χ0v) is 11.3. The molecule has 1 aromatic rings. The van der Waals surface area contributed by atoms with Crippen LogP contribution in [-0.2, 0) is 6.54 Å². The number of benzene rings is 1. The van der Waals surface area contributed by atoms with Crippen molar-refractivity contribution < 1.29 is 4.92 Å². The molecule has 0 spiro atoms. The number of rotatable bonds is 4. The fraction of sp³-hybridized carbons (Fsp3) is 0.571. The first kappa shape index (κ1) is 14.0. The van der Waals surface area contributed by atoms with Crippen LogP contribution in [0.25, 0.3) is 0 Å². The van der Waals surface area contributed by atoms with Gasteiger partial charge in [0.25, 0.3) is 5.69 Å². The number of non-ortho nitro benzene ring substituents is 1. The van der Waals surface area contributed by atoms with Gasteiger partial charge in [0.15, 0.2) is 0 Å². The smallest absolute Gasteiger partial charge is 0.269 e. The summed E-state index contributed by atoms with van der Waals surface area (Å²) in [4.78, 5) is 12.8. The molecule has 2 rings (SSSR count). The lowest BCUT2D eigenvalue weighted by atomic mass is 9.96. The number of likely N-dealkylation sites (tertiary alicyclic amines) is 1. The van der Waals surface area contributed by atoms with Crippen molar-refractivity contribution in [2.24, 2.45) is 5.73 Å². The summed E-state index contributed by atoms with van der Waals surface area (Å²) >= 11 is 0. The average molecular weight is 263 g/mol. The lowest BCUT2D eigenvalue weighted by molar-refractivity contribution is -0.384. The third-order valence-electron chi connectivity index (χ3n) is 3.78. The summed E-state index contributed by atoms with van der Waals surface area (Å²) in [5.41, 5.74) is 7.19. The van der Waals surface area contributed by atoms with Gasteiger partial charge in [0.1, 0.15) is 0 Å². The third-order valence-corrected chi connectivity index (χ3v) is 3.78. The van der Waals surface area contributed by atoms with Crippen LogP contribution in [-0.4, -0.2) is 28.5 Å². The molecule has 1 aromatic carbocycles. The molecular weight excluding hydrogens is 242 g/mol. The monoisotopic (exact) mass is 263 g/mol. The quantitative estimate of drug-likeness (QED) is 0.668. The summed E-state index contributed by atoms with van der Waals surface area (Å²) in [5, 5.41) is 10.8. The molecule has 0 saturated carbocycles. The minimum absolute atomic E-state index is 0.138. The Morgan fingerprint density at radius 1 is 1.53 bits per heavy atom. The summed E-state index contributed by atoms with van der Waals surface area (Å²) in [6, 6.07) is 7.40. The Hall–Kier alpha value is -1.46. The van der Waals surface area contributed by atoms with E-state index in [0.717, 1.165) is 25.1 Å². The molecule has 0 radical (unpaired) electrons. The molecular formula is C14H21N3O2. The SMILES string of the molecule is CC(N)C1CCCCN1Cc1cccc([N+](=O)[O-])c1. The highest BCUT2D eigenvalue weighted by Crippen LogP contribution is 2.22. The number of nitrogens with zero attached hydrogens (tertiary/aromatic N) is 2. The molecule has 0 amide bonds. The predicted molar refractivity (Wildman–Crippen MR) is 74.8 cm³/mol. The number of piperidine rings is 1. The van der Waals surface area contributed by atoms with Gasteiger partial charge in [0, 0.05) is 30.8 Å². The Labute approximate surface area is 113 Å². The van der Waals surface area contributed by atoms with Crippen molar-refractivity contribution in [1.29, 1.82) is 0 Å². The van der Waals surface area contributed by atoms with E-state index in [0.29, 0.717) is 6.04 Å². The van der Waals surface area contributed by atoms with Gasteiger partial charge in [-0.15, -0.1) is 0 Å². The second kappa shape index (κ2) is 6.12. The van der Waals surface area contributed by atoms with Gasteiger partial charge in [-0.3, -0.25) is 15.0 Å². The predicted octanol–water partition coefficient (Wildman–Crippen LogP) is 2.30. The van der Waals surface area contributed by atoms with Crippen molar-refractivity contribution in [3.63, 3.8) is 0 Å². The van der Waals surface area contributed by atoms with Gasteiger partial charge in [-0.05, 0) is 31.9 Å². The van der Waals surface area contributed by atoms with Crippen LogP contribution in [0, 0.1) is 10.1 Å². The first-order valence-electron chi connectivity index (χ1n) is 6.81. The van der Waals surface area contributed by atoms with Gasteiger partial charge in [-0.1, -0.05) is 18.6 Å². The number of hydrogen-bond acceptors (Lipinski definition) is 4. The van der Waals surface area contributed by atoms with Crippen molar-refractivity contribution >= 4 is 5.69 Å². The van der Waals surface area contributed by atoms with E-state index < -0.39 is 0 Å². The van der Waals surface area contributed by atoms with Gasteiger partial charge in [0.2, 0.25) is 0 Å². The van der Waals surface area contributed by atoms with Crippen LogP contribution in [0.15, 0.2) is 24.3 Å². The zero-order chi connectivity index (χ0) is 13.8. The second-order valence-electron chi connectivity index (χ2n) is 5.32. The molecule has 5 nitrogen and oxygen atoms in total. The number of hydrogen-bond donors (Lipinski definition) is 1. The average Bonchev–Trinajstić information content (AvgIpc) is 2.39. The van der Waals surface area contributed by atoms with Crippen LogP contribution in [0.4, 0.5) is 5.69 Å². The number of nitro groups is 1. The summed E-state index contributed by atoms with van der Waals surface area (Å²) in [7, 11) is 0. The standard InChI is InChI=1S/C14H21N3O2/c1-11(15)14-7-2-3-8-16(14)10-12-5-4-6-13(9-12)17(18)19/h4-6,9,11,14H,2-3,7-8,10,15H2,1H3. The fourth-order valence-electron chi connectivity index (χ4n) is 2.81. The van der Waals surface area contributed by atoms with Gasteiger partial charge < -0.3 is 5.73 Å². The third kappa shape index (κ3) is 3.52. The highest BCUT2D eigenvalue weighted by atomic mass is 16.6. The first-order valence-corrected chi connectivity index (χ1v) is 6.81. The summed E-state index contributed by atoms with van der Waals surface area (Å²) < 4.78 is 0. The van der Waals surface area contributed by atoms with E-state index >= 15 is 0 Å². The molecule has 19 heavy (non-hydrogen) atoms. The Kier molecular flexibility index (Phi) is 4.50. The topological polar surface area (TPSA) is 72.4 Å². The largest absolute Gasteiger partial charge is 0.327 e. The number of nitrogens with two attached hydrogens (primary N) is 1. The van der Waals surface area contributed by atoms with Crippen molar-refractivity contribution in [1.82, 2.24) is 4.90 Å². The van der Waals surface area contributed by atoms with Crippen molar-refractivity contribution in [3.05, 3.63) is 39.9 Å². The molecule has 0 aliphatic carbocycles.